The Bertz CT molecular complexity index is 2400. The number of hydrogen-bond acceptors (Lipinski definition) is 6. The van der Waals surface area contributed by atoms with Gasteiger partial charge < -0.3 is 4.42 Å². The SMILES string of the molecule is c1ccc(-c2nc(-c3ccccc3)nc(-n3c4cc5ncncc5cc4c4ccc5c6ccccc6oc5c43)n2)cc1. The van der Waals surface area contributed by atoms with Gasteiger partial charge in [0, 0.05) is 44.3 Å². The highest BCUT2D eigenvalue weighted by atomic mass is 16.3. The molecule has 9 aromatic rings. The van der Waals surface area contributed by atoms with Crippen molar-refractivity contribution in [2.45, 2.75) is 0 Å². The molecule has 0 aliphatic carbocycles. The molecule has 0 aliphatic heterocycles. The van der Waals surface area contributed by atoms with E-state index < -0.39 is 0 Å². The second-order valence-corrected chi connectivity index (χ2v) is 10.2. The summed E-state index contributed by atoms with van der Waals surface area (Å²) in [4.78, 5) is 23.9. The quantitative estimate of drug-likeness (QED) is 0.225. The van der Waals surface area contributed by atoms with Crippen molar-refractivity contribution in [2.75, 3.05) is 0 Å². The van der Waals surface area contributed by atoms with Gasteiger partial charge in [-0.15, -0.1) is 0 Å². The summed E-state index contributed by atoms with van der Waals surface area (Å²) in [6.45, 7) is 0. The number of furan rings is 1. The van der Waals surface area contributed by atoms with E-state index in [0.717, 1.165) is 65.8 Å². The Morgan fingerprint density at radius 3 is 2.05 bits per heavy atom. The fraction of sp³-hybridized carbons (Fsp3) is 0. The Balaban J connectivity index is 1.47. The van der Waals surface area contributed by atoms with E-state index in [1.54, 1.807) is 6.33 Å². The molecule has 7 heteroatoms. The fourth-order valence-corrected chi connectivity index (χ4v) is 5.86. The number of rotatable bonds is 3. The average molecular weight is 541 g/mol. The van der Waals surface area contributed by atoms with Crippen molar-refractivity contribution in [3.63, 3.8) is 0 Å². The van der Waals surface area contributed by atoms with Crippen LogP contribution in [0.15, 0.2) is 126 Å². The second kappa shape index (κ2) is 8.78. The van der Waals surface area contributed by atoms with Gasteiger partial charge in [0.1, 0.15) is 17.4 Å². The Hall–Kier alpha value is -5.95. The third kappa shape index (κ3) is 3.37. The highest BCUT2D eigenvalue weighted by Gasteiger charge is 2.22. The minimum absolute atomic E-state index is 0.504. The van der Waals surface area contributed by atoms with Crippen LogP contribution in [0.4, 0.5) is 0 Å². The molecule has 196 valence electrons. The van der Waals surface area contributed by atoms with Gasteiger partial charge in [0.2, 0.25) is 5.95 Å². The summed E-state index contributed by atoms with van der Waals surface area (Å²) in [5, 5.41) is 5.13. The zero-order valence-corrected chi connectivity index (χ0v) is 22.1. The molecule has 0 atom stereocenters. The zero-order valence-electron chi connectivity index (χ0n) is 22.1. The Labute approximate surface area is 238 Å². The van der Waals surface area contributed by atoms with Crippen LogP contribution in [0.3, 0.4) is 0 Å². The number of hydrogen-bond donors (Lipinski definition) is 0. The summed E-state index contributed by atoms with van der Waals surface area (Å²) in [6.07, 6.45) is 3.41. The van der Waals surface area contributed by atoms with E-state index in [9.17, 15) is 0 Å². The molecule has 0 bridgehead atoms. The fourth-order valence-electron chi connectivity index (χ4n) is 5.86. The summed E-state index contributed by atoms with van der Waals surface area (Å²) < 4.78 is 8.66. The van der Waals surface area contributed by atoms with Crippen molar-refractivity contribution in [3.05, 3.63) is 122 Å². The van der Waals surface area contributed by atoms with Gasteiger partial charge in [-0.05, 0) is 24.3 Å². The molecule has 0 amide bonds. The normalized spacial score (nSPS) is 11.8. The standard InChI is InChI=1S/C35H20N6O/c1-3-9-21(10-4-1)33-38-34(22-11-5-2-6-12-22)40-35(39-33)41-29-18-28-23(19-36-20-37-28)17-27(29)25-15-16-26-24-13-7-8-14-30(24)42-32(26)31(25)41/h1-20H. The third-order valence-electron chi connectivity index (χ3n) is 7.79. The molecule has 0 N–H and O–H groups in total. The van der Waals surface area contributed by atoms with Crippen LogP contribution in [-0.4, -0.2) is 29.5 Å². The summed E-state index contributed by atoms with van der Waals surface area (Å²) in [7, 11) is 0. The van der Waals surface area contributed by atoms with Crippen molar-refractivity contribution in [3.8, 4) is 28.7 Å². The first kappa shape index (κ1) is 22.8. The molecule has 4 aromatic heterocycles. The first-order valence-electron chi connectivity index (χ1n) is 13.7. The highest BCUT2D eigenvalue weighted by Crippen LogP contribution is 2.41. The molecule has 42 heavy (non-hydrogen) atoms. The van der Waals surface area contributed by atoms with Crippen LogP contribution in [0.5, 0.6) is 0 Å². The van der Waals surface area contributed by atoms with Crippen LogP contribution in [-0.2, 0) is 0 Å². The first-order valence-corrected chi connectivity index (χ1v) is 13.7. The van der Waals surface area contributed by atoms with Gasteiger partial charge in [0.05, 0.1) is 11.0 Å². The van der Waals surface area contributed by atoms with E-state index in [1.165, 1.54) is 0 Å². The molecule has 9 rings (SSSR count). The lowest BCUT2D eigenvalue weighted by Gasteiger charge is -2.11. The van der Waals surface area contributed by atoms with Crippen molar-refractivity contribution < 1.29 is 4.42 Å². The van der Waals surface area contributed by atoms with Gasteiger partial charge in [0.15, 0.2) is 17.2 Å². The van der Waals surface area contributed by atoms with Crippen molar-refractivity contribution in [1.29, 1.82) is 0 Å². The van der Waals surface area contributed by atoms with E-state index in [1.807, 2.05) is 85.1 Å². The molecule has 7 nitrogen and oxygen atoms in total. The molecular formula is C35H20N6O. The molecule has 0 spiro atoms. The Kier molecular flexibility index (Phi) is 4.77. The van der Waals surface area contributed by atoms with Crippen molar-refractivity contribution in [2.24, 2.45) is 0 Å². The predicted molar refractivity (Wildman–Crippen MR) is 165 cm³/mol. The zero-order chi connectivity index (χ0) is 27.6. The van der Waals surface area contributed by atoms with Gasteiger partial charge in [0.25, 0.3) is 0 Å². The number of benzene rings is 5. The van der Waals surface area contributed by atoms with Gasteiger partial charge in [-0.3, -0.25) is 4.57 Å². The van der Waals surface area contributed by atoms with Crippen LogP contribution < -0.4 is 0 Å². The summed E-state index contributed by atoms with van der Waals surface area (Å²) in [5.74, 6) is 1.69. The smallest absolute Gasteiger partial charge is 0.238 e. The number of nitrogens with zero attached hydrogens (tertiary/aromatic N) is 6. The van der Waals surface area contributed by atoms with E-state index in [2.05, 4.69) is 44.9 Å². The minimum Gasteiger partial charge on any atom is -0.454 e. The van der Waals surface area contributed by atoms with E-state index >= 15 is 0 Å². The van der Waals surface area contributed by atoms with Crippen molar-refractivity contribution >= 4 is 54.6 Å². The minimum atomic E-state index is 0.504. The largest absolute Gasteiger partial charge is 0.454 e. The topological polar surface area (TPSA) is 82.5 Å². The Morgan fingerprint density at radius 2 is 1.29 bits per heavy atom. The van der Waals surface area contributed by atoms with Crippen LogP contribution in [0.1, 0.15) is 0 Å². The summed E-state index contributed by atoms with van der Waals surface area (Å²) in [5.41, 5.74) is 6.08. The number of aromatic nitrogens is 6. The van der Waals surface area contributed by atoms with E-state index in [4.69, 9.17) is 19.4 Å². The molecule has 0 aliphatic rings. The molecule has 5 aromatic carbocycles. The summed E-state index contributed by atoms with van der Waals surface area (Å²) in [6, 6.07) is 36.6. The maximum atomic E-state index is 6.56. The monoisotopic (exact) mass is 540 g/mol. The lowest BCUT2D eigenvalue weighted by molar-refractivity contribution is 0.670. The number of fused-ring (bicyclic) bond motifs is 8. The molecule has 0 saturated heterocycles. The molecular weight excluding hydrogens is 520 g/mol. The van der Waals surface area contributed by atoms with E-state index in [0.29, 0.717) is 17.6 Å². The second-order valence-electron chi connectivity index (χ2n) is 10.2. The molecule has 4 heterocycles. The lowest BCUT2D eigenvalue weighted by Crippen LogP contribution is -2.06. The number of para-hydroxylation sites is 1. The van der Waals surface area contributed by atoms with Gasteiger partial charge in [-0.25, -0.2) is 15.0 Å². The Morgan fingerprint density at radius 1 is 0.595 bits per heavy atom. The maximum Gasteiger partial charge on any atom is 0.238 e. The van der Waals surface area contributed by atoms with Crippen LogP contribution in [0.25, 0.3) is 83.4 Å². The summed E-state index contributed by atoms with van der Waals surface area (Å²) >= 11 is 0. The van der Waals surface area contributed by atoms with Crippen LogP contribution in [0.2, 0.25) is 0 Å². The van der Waals surface area contributed by atoms with Crippen molar-refractivity contribution in [1.82, 2.24) is 29.5 Å². The van der Waals surface area contributed by atoms with E-state index in [-0.39, 0.29) is 0 Å². The van der Waals surface area contributed by atoms with Crippen LogP contribution in [0, 0.1) is 0 Å². The van der Waals surface area contributed by atoms with Gasteiger partial charge in [-0.2, -0.15) is 9.97 Å². The molecule has 0 unspecified atom stereocenters. The predicted octanol–water partition coefficient (Wildman–Crippen LogP) is 8.15. The molecule has 0 saturated carbocycles. The average Bonchev–Trinajstić information content (AvgIpc) is 3.60. The third-order valence-corrected chi connectivity index (χ3v) is 7.79. The van der Waals surface area contributed by atoms with Gasteiger partial charge >= 0.3 is 0 Å². The van der Waals surface area contributed by atoms with Gasteiger partial charge in [-0.1, -0.05) is 84.9 Å². The highest BCUT2D eigenvalue weighted by molar-refractivity contribution is 6.22. The molecule has 0 radical (unpaired) electrons. The van der Waals surface area contributed by atoms with Crippen LogP contribution >= 0.6 is 0 Å². The first-order chi connectivity index (χ1) is 20.8. The molecule has 0 fully saturated rings. The lowest BCUT2D eigenvalue weighted by atomic mass is 10.1. The maximum absolute atomic E-state index is 6.56.